The number of hydrogen-bond donors (Lipinski definition) is 1. The minimum atomic E-state index is 0.0915. The molecule has 5 nitrogen and oxygen atoms in total. The highest BCUT2D eigenvalue weighted by Crippen LogP contribution is 2.18. The van der Waals surface area contributed by atoms with E-state index in [4.69, 9.17) is 4.74 Å². The lowest BCUT2D eigenvalue weighted by atomic mass is 10.00. The number of ether oxygens (including phenoxy) is 1. The summed E-state index contributed by atoms with van der Waals surface area (Å²) in [5.74, 6) is 2.34. The van der Waals surface area contributed by atoms with E-state index in [1.807, 2.05) is 29.2 Å². The number of piperidine rings is 1. The van der Waals surface area contributed by atoms with Gasteiger partial charge in [-0.2, -0.15) is 0 Å². The Morgan fingerprint density at radius 2 is 2.08 bits per heavy atom. The summed E-state index contributed by atoms with van der Waals surface area (Å²) < 4.78 is 5.17. The van der Waals surface area contributed by atoms with Crippen molar-refractivity contribution in [2.75, 3.05) is 32.1 Å². The molecule has 1 aromatic carbocycles. The summed E-state index contributed by atoms with van der Waals surface area (Å²) in [6, 6.07) is 11.8. The molecule has 3 rings (SSSR count). The molecule has 1 aromatic heterocycles. The lowest BCUT2D eigenvalue weighted by molar-refractivity contribution is 0.0682. The van der Waals surface area contributed by atoms with Crippen molar-refractivity contribution in [3.63, 3.8) is 0 Å². The molecule has 1 N–H and O–H groups in total. The molecule has 5 heteroatoms. The lowest BCUT2D eigenvalue weighted by Gasteiger charge is -2.30. The zero-order chi connectivity index (χ0) is 18.4. The normalized spacial score (nSPS) is 17.0. The van der Waals surface area contributed by atoms with Crippen LogP contribution in [0.25, 0.3) is 0 Å². The number of pyridine rings is 1. The maximum Gasteiger partial charge on any atom is 0.255 e. The van der Waals surface area contributed by atoms with Crippen molar-refractivity contribution in [3.8, 4) is 5.75 Å². The van der Waals surface area contributed by atoms with Gasteiger partial charge in [0.05, 0.1) is 12.7 Å². The van der Waals surface area contributed by atoms with Crippen LogP contribution in [0.4, 0.5) is 5.82 Å². The SMILES string of the molecule is COc1ccc(CCNc2ccc(C(=O)N3CCCC(C)C3)cn2)cc1. The Labute approximate surface area is 155 Å². The van der Waals surface area contributed by atoms with E-state index in [0.717, 1.165) is 44.0 Å². The van der Waals surface area contributed by atoms with Crippen LogP contribution in [-0.2, 0) is 6.42 Å². The Morgan fingerprint density at radius 3 is 2.73 bits per heavy atom. The Hall–Kier alpha value is -2.56. The molecule has 138 valence electrons. The molecule has 0 radical (unpaired) electrons. The largest absolute Gasteiger partial charge is 0.497 e. The Morgan fingerprint density at radius 1 is 1.27 bits per heavy atom. The Kier molecular flexibility index (Phi) is 6.10. The number of aromatic nitrogens is 1. The van der Waals surface area contributed by atoms with Crippen molar-refractivity contribution in [2.24, 2.45) is 5.92 Å². The smallest absolute Gasteiger partial charge is 0.255 e. The second-order valence-electron chi connectivity index (χ2n) is 6.96. The zero-order valence-corrected chi connectivity index (χ0v) is 15.6. The van der Waals surface area contributed by atoms with Crippen molar-refractivity contribution in [1.29, 1.82) is 0 Å². The summed E-state index contributed by atoms with van der Waals surface area (Å²) in [5.41, 5.74) is 1.91. The van der Waals surface area contributed by atoms with Crippen molar-refractivity contribution < 1.29 is 9.53 Å². The van der Waals surface area contributed by atoms with Gasteiger partial charge in [-0.05, 0) is 55.0 Å². The highest BCUT2D eigenvalue weighted by atomic mass is 16.5. The van der Waals surface area contributed by atoms with E-state index in [0.29, 0.717) is 11.5 Å². The minimum absolute atomic E-state index is 0.0915. The summed E-state index contributed by atoms with van der Waals surface area (Å²) in [6.45, 7) is 4.69. The van der Waals surface area contributed by atoms with Crippen LogP contribution in [0.2, 0.25) is 0 Å². The summed E-state index contributed by atoms with van der Waals surface area (Å²) >= 11 is 0. The minimum Gasteiger partial charge on any atom is -0.497 e. The second kappa shape index (κ2) is 8.70. The summed E-state index contributed by atoms with van der Waals surface area (Å²) in [4.78, 5) is 18.9. The number of hydrogen-bond acceptors (Lipinski definition) is 4. The topological polar surface area (TPSA) is 54.5 Å². The van der Waals surface area contributed by atoms with Gasteiger partial charge in [-0.15, -0.1) is 0 Å². The van der Waals surface area contributed by atoms with Gasteiger partial charge in [0.1, 0.15) is 11.6 Å². The summed E-state index contributed by atoms with van der Waals surface area (Å²) in [5, 5.41) is 3.31. The first-order valence-corrected chi connectivity index (χ1v) is 9.28. The predicted octanol–water partition coefficient (Wildman–Crippen LogP) is 3.62. The second-order valence-corrected chi connectivity index (χ2v) is 6.96. The van der Waals surface area contributed by atoms with Crippen LogP contribution in [0, 0.1) is 5.92 Å². The van der Waals surface area contributed by atoms with Crippen molar-refractivity contribution >= 4 is 11.7 Å². The average Bonchev–Trinajstić information content (AvgIpc) is 2.68. The molecular formula is C21H27N3O2. The third-order valence-corrected chi connectivity index (χ3v) is 4.83. The highest BCUT2D eigenvalue weighted by Gasteiger charge is 2.22. The van der Waals surface area contributed by atoms with Crippen molar-refractivity contribution in [2.45, 2.75) is 26.2 Å². The number of benzene rings is 1. The van der Waals surface area contributed by atoms with Crippen molar-refractivity contribution in [3.05, 3.63) is 53.7 Å². The van der Waals surface area contributed by atoms with Crippen LogP contribution in [0.1, 0.15) is 35.7 Å². The molecule has 1 saturated heterocycles. The average molecular weight is 353 g/mol. The molecular weight excluding hydrogens is 326 g/mol. The van der Waals surface area contributed by atoms with Crippen LogP contribution in [0.15, 0.2) is 42.6 Å². The number of amides is 1. The fourth-order valence-corrected chi connectivity index (χ4v) is 3.31. The molecule has 2 aromatic rings. The van der Waals surface area contributed by atoms with Crippen LogP contribution >= 0.6 is 0 Å². The molecule has 2 heterocycles. The van der Waals surface area contributed by atoms with Gasteiger partial charge in [0.25, 0.3) is 5.91 Å². The predicted molar refractivity (Wildman–Crippen MR) is 104 cm³/mol. The number of carbonyl (C=O) groups is 1. The number of methoxy groups -OCH3 is 1. The number of nitrogens with one attached hydrogen (secondary N) is 1. The standard InChI is InChI=1S/C21H27N3O2/c1-16-4-3-13-24(15-16)21(25)18-7-10-20(23-14-18)22-12-11-17-5-8-19(26-2)9-6-17/h5-10,14,16H,3-4,11-13,15H2,1-2H3,(H,22,23). The van der Waals surface area contributed by atoms with Crippen molar-refractivity contribution in [1.82, 2.24) is 9.88 Å². The van der Waals surface area contributed by atoms with E-state index in [1.54, 1.807) is 13.3 Å². The molecule has 0 bridgehead atoms. The number of rotatable bonds is 6. The van der Waals surface area contributed by atoms with Crippen LogP contribution in [0.5, 0.6) is 5.75 Å². The van der Waals surface area contributed by atoms with E-state index < -0.39 is 0 Å². The molecule has 1 amide bonds. The first kappa shape index (κ1) is 18.2. The van der Waals surface area contributed by atoms with Gasteiger partial charge in [0.15, 0.2) is 0 Å². The maximum absolute atomic E-state index is 12.6. The van der Waals surface area contributed by atoms with Gasteiger partial charge < -0.3 is 15.0 Å². The summed E-state index contributed by atoms with van der Waals surface area (Å²) in [6.07, 6.45) is 4.87. The Bertz CT molecular complexity index is 713. The van der Waals surface area contributed by atoms with E-state index in [2.05, 4.69) is 29.4 Å². The van der Waals surface area contributed by atoms with Gasteiger partial charge in [-0.1, -0.05) is 19.1 Å². The van der Waals surface area contributed by atoms with E-state index >= 15 is 0 Å². The first-order valence-electron chi connectivity index (χ1n) is 9.28. The quantitative estimate of drug-likeness (QED) is 0.862. The van der Waals surface area contributed by atoms with E-state index in [1.165, 1.54) is 12.0 Å². The van der Waals surface area contributed by atoms with Gasteiger partial charge in [-0.25, -0.2) is 4.98 Å². The maximum atomic E-state index is 12.6. The van der Waals surface area contributed by atoms with Crippen LogP contribution in [0.3, 0.4) is 0 Å². The molecule has 1 aliphatic heterocycles. The molecule has 26 heavy (non-hydrogen) atoms. The Balaban J connectivity index is 1.50. The third-order valence-electron chi connectivity index (χ3n) is 4.83. The number of carbonyl (C=O) groups excluding carboxylic acids is 1. The number of nitrogens with zero attached hydrogens (tertiary/aromatic N) is 2. The van der Waals surface area contributed by atoms with E-state index in [9.17, 15) is 4.79 Å². The van der Waals surface area contributed by atoms with E-state index in [-0.39, 0.29) is 5.91 Å². The lowest BCUT2D eigenvalue weighted by Crippen LogP contribution is -2.39. The molecule has 1 aliphatic rings. The zero-order valence-electron chi connectivity index (χ0n) is 15.6. The summed E-state index contributed by atoms with van der Waals surface area (Å²) in [7, 11) is 1.67. The van der Waals surface area contributed by atoms with Gasteiger partial charge >= 0.3 is 0 Å². The molecule has 1 fully saturated rings. The number of anilines is 1. The first-order chi connectivity index (χ1) is 12.7. The molecule has 1 unspecified atom stereocenters. The molecule has 0 spiro atoms. The van der Waals surface area contributed by atoms with Crippen LogP contribution < -0.4 is 10.1 Å². The van der Waals surface area contributed by atoms with Gasteiger partial charge in [0, 0.05) is 25.8 Å². The van der Waals surface area contributed by atoms with Gasteiger partial charge in [-0.3, -0.25) is 4.79 Å². The number of likely N-dealkylation sites (tertiary alicyclic amines) is 1. The molecule has 0 aliphatic carbocycles. The highest BCUT2D eigenvalue weighted by molar-refractivity contribution is 5.94. The fraction of sp³-hybridized carbons (Fsp3) is 0.429. The van der Waals surface area contributed by atoms with Crippen LogP contribution in [-0.4, -0.2) is 42.5 Å². The fourth-order valence-electron chi connectivity index (χ4n) is 3.31. The monoisotopic (exact) mass is 353 g/mol. The van der Waals surface area contributed by atoms with Gasteiger partial charge in [0.2, 0.25) is 0 Å². The third kappa shape index (κ3) is 4.75. The molecule has 0 saturated carbocycles. The molecule has 1 atom stereocenters.